The smallest absolute Gasteiger partial charge is 0.225 e. The Kier molecular flexibility index (Phi) is 10.6. The van der Waals surface area contributed by atoms with Crippen molar-refractivity contribution in [3.8, 4) is 11.5 Å². The highest BCUT2D eigenvalue weighted by molar-refractivity contribution is 14.0. The molecular formula is C24H33IN4O3. The molecule has 8 heteroatoms. The Morgan fingerprint density at radius 2 is 1.91 bits per heavy atom. The van der Waals surface area contributed by atoms with Crippen LogP contribution in [0.2, 0.25) is 0 Å². The molecule has 0 saturated heterocycles. The number of hydrogen-bond acceptors (Lipinski definition) is 4. The van der Waals surface area contributed by atoms with Gasteiger partial charge in [0.15, 0.2) is 17.5 Å². The zero-order valence-electron chi connectivity index (χ0n) is 18.9. The zero-order valence-corrected chi connectivity index (χ0v) is 21.3. The van der Waals surface area contributed by atoms with Crippen molar-refractivity contribution in [2.75, 3.05) is 39.2 Å². The number of carbonyl (C=O) groups excluding carboxylic acids is 1. The predicted octanol–water partition coefficient (Wildman–Crippen LogP) is 3.94. The van der Waals surface area contributed by atoms with Gasteiger partial charge in [-0.25, -0.2) is 0 Å². The third kappa shape index (κ3) is 7.01. The van der Waals surface area contributed by atoms with Crippen molar-refractivity contribution in [2.45, 2.75) is 32.1 Å². The highest BCUT2D eigenvalue weighted by Gasteiger charge is 2.24. The van der Waals surface area contributed by atoms with Gasteiger partial charge in [0, 0.05) is 31.1 Å². The molecule has 3 N–H and O–H groups in total. The lowest BCUT2D eigenvalue weighted by atomic mass is 9.91. The third-order valence-electron chi connectivity index (χ3n) is 5.30. The summed E-state index contributed by atoms with van der Waals surface area (Å²) in [5.74, 6) is 2.40. The van der Waals surface area contributed by atoms with E-state index in [1.165, 1.54) is 5.56 Å². The van der Waals surface area contributed by atoms with Gasteiger partial charge < -0.3 is 25.4 Å². The number of aliphatic imine (C=N–C) groups is 1. The first-order chi connectivity index (χ1) is 15.1. The van der Waals surface area contributed by atoms with Crippen LogP contribution in [0.4, 0.5) is 5.69 Å². The van der Waals surface area contributed by atoms with Crippen molar-refractivity contribution < 1.29 is 14.3 Å². The van der Waals surface area contributed by atoms with Crippen LogP contribution in [0.1, 0.15) is 36.8 Å². The summed E-state index contributed by atoms with van der Waals surface area (Å²) in [4.78, 5) is 16.8. The molecular weight excluding hydrogens is 519 g/mol. The van der Waals surface area contributed by atoms with Crippen LogP contribution in [0.25, 0.3) is 0 Å². The first-order valence-electron chi connectivity index (χ1n) is 10.8. The fourth-order valence-corrected chi connectivity index (χ4v) is 3.74. The molecule has 0 saturated carbocycles. The second kappa shape index (κ2) is 13.1. The number of benzene rings is 2. The number of aryl methyl sites for hydroxylation is 1. The highest BCUT2D eigenvalue weighted by Crippen LogP contribution is 2.32. The summed E-state index contributed by atoms with van der Waals surface area (Å²) in [7, 11) is 3.29. The van der Waals surface area contributed by atoms with E-state index in [4.69, 9.17) is 14.5 Å². The maximum Gasteiger partial charge on any atom is 0.225 e. The number of nitrogens with one attached hydrogen (secondary N) is 3. The van der Waals surface area contributed by atoms with E-state index in [1.807, 2.05) is 37.3 Å². The maximum absolute atomic E-state index is 12.0. The first-order valence-corrected chi connectivity index (χ1v) is 10.8. The lowest BCUT2D eigenvalue weighted by molar-refractivity contribution is -0.116. The van der Waals surface area contributed by atoms with Gasteiger partial charge in [0.1, 0.15) is 0 Å². The number of fused-ring (bicyclic) bond motifs is 1. The molecule has 0 aromatic heterocycles. The van der Waals surface area contributed by atoms with E-state index in [9.17, 15) is 4.79 Å². The van der Waals surface area contributed by atoms with Crippen molar-refractivity contribution in [1.82, 2.24) is 10.6 Å². The summed E-state index contributed by atoms with van der Waals surface area (Å²) in [6.07, 6.45) is 2.33. The fraction of sp³-hybridized carbons (Fsp3) is 0.417. The summed E-state index contributed by atoms with van der Waals surface area (Å²) >= 11 is 0. The number of rotatable bonds is 9. The number of anilines is 1. The van der Waals surface area contributed by atoms with Crippen LogP contribution in [-0.4, -0.2) is 45.7 Å². The molecule has 1 aliphatic heterocycles. The number of amides is 1. The topological polar surface area (TPSA) is 84.0 Å². The van der Waals surface area contributed by atoms with Gasteiger partial charge in [-0.15, -0.1) is 24.0 Å². The quantitative estimate of drug-likeness (QED) is 0.190. The number of para-hydroxylation sites is 1. The molecule has 1 aliphatic rings. The standard InChI is InChI=1S/C24H32N4O3.HI/c1-4-25-24(26-13-7-8-17-11-12-21(30-2)22(14-17)31-3)27-16-18-15-23(29)28-20-10-6-5-9-19(18)20;/h5-6,9-12,14,18H,4,7-8,13,15-16H2,1-3H3,(H,28,29)(H2,25,26,27);1H. The van der Waals surface area contributed by atoms with Crippen LogP contribution in [0, 0.1) is 0 Å². The second-order valence-corrected chi connectivity index (χ2v) is 7.48. The summed E-state index contributed by atoms with van der Waals surface area (Å²) in [5, 5.41) is 9.63. The molecule has 1 unspecified atom stereocenters. The minimum atomic E-state index is 0. The monoisotopic (exact) mass is 552 g/mol. The van der Waals surface area contributed by atoms with Gasteiger partial charge in [-0.2, -0.15) is 0 Å². The predicted molar refractivity (Wildman–Crippen MR) is 140 cm³/mol. The maximum atomic E-state index is 12.0. The van der Waals surface area contributed by atoms with Gasteiger partial charge in [-0.05, 0) is 49.1 Å². The summed E-state index contributed by atoms with van der Waals surface area (Å²) in [6.45, 7) is 4.19. The Bertz CT molecular complexity index is 920. The van der Waals surface area contributed by atoms with E-state index >= 15 is 0 Å². The van der Waals surface area contributed by atoms with E-state index in [0.717, 1.165) is 54.6 Å². The van der Waals surface area contributed by atoms with Crippen molar-refractivity contribution in [2.24, 2.45) is 4.99 Å². The lowest BCUT2D eigenvalue weighted by Crippen LogP contribution is -2.38. The van der Waals surface area contributed by atoms with E-state index < -0.39 is 0 Å². The van der Waals surface area contributed by atoms with Gasteiger partial charge in [-0.1, -0.05) is 24.3 Å². The molecule has 0 radical (unpaired) electrons. The number of methoxy groups -OCH3 is 2. The van der Waals surface area contributed by atoms with Gasteiger partial charge in [0.2, 0.25) is 5.91 Å². The average molecular weight is 552 g/mol. The van der Waals surface area contributed by atoms with E-state index in [0.29, 0.717) is 13.0 Å². The molecule has 1 atom stereocenters. The number of hydrogen-bond donors (Lipinski definition) is 3. The van der Waals surface area contributed by atoms with Crippen molar-refractivity contribution in [1.29, 1.82) is 0 Å². The Morgan fingerprint density at radius 3 is 2.66 bits per heavy atom. The number of ether oxygens (including phenoxy) is 2. The van der Waals surface area contributed by atoms with E-state index in [2.05, 4.69) is 28.1 Å². The first kappa shape index (κ1) is 25.8. The lowest BCUT2D eigenvalue weighted by Gasteiger charge is -2.24. The van der Waals surface area contributed by atoms with Crippen LogP contribution in [0.5, 0.6) is 11.5 Å². The minimum absolute atomic E-state index is 0. The number of halogens is 1. The summed E-state index contributed by atoms with van der Waals surface area (Å²) in [6, 6.07) is 14.0. The highest BCUT2D eigenvalue weighted by atomic mass is 127. The van der Waals surface area contributed by atoms with E-state index in [1.54, 1.807) is 14.2 Å². The van der Waals surface area contributed by atoms with Crippen LogP contribution in [0.15, 0.2) is 47.5 Å². The molecule has 1 amide bonds. The molecule has 7 nitrogen and oxygen atoms in total. The average Bonchev–Trinajstić information content (AvgIpc) is 2.79. The molecule has 2 aromatic rings. The molecule has 32 heavy (non-hydrogen) atoms. The Labute approximate surface area is 207 Å². The molecule has 0 spiro atoms. The van der Waals surface area contributed by atoms with Crippen LogP contribution >= 0.6 is 24.0 Å². The Hall–Kier alpha value is -2.49. The largest absolute Gasteiger partial charge is 0.493 e. The fourth-order valence-electron chi connectivity index (χ4n) is 3.74. The molecule has 2 aromatic carbocycles. The van der Waals surface area contributed by atoms with Gasteiger partial charge >= 0.3 is 0 Å². The van der Waals surface area contributed by atoms with Crippen LogP contribution < -0.4 is 25.4 Å². The number of carbonyl (C=O) groups is 1. The minimum Gasteiger partial charge on any atom is -0.493 e. The van der Waals surface area contributed by atoms with Crippen molar-refractivity contribution in [3.63, 3.8) is 0 Å². The van der Waals surface area contributed by atoms with Gasteiger partial charge in [0.25, 0.3) is 0 Å². The van der Waals surface area contributed by atoms with Crippen molar-refractivity contribution >= 4 is 41.5 Å². The SMILES string of the molecule is CCNC(=NCC1CC(=O)Nc2ccccc21)NCCCc1ccc(OC)c(OC)c1.I. The zero-order chi connectivity index (χ0) is 22.1. The molecule has 3 rings (SSSR count). The van der Waals surface area contributed by atoms with Crippen molar-refractivity contribution in [3.05, 3.63) is 53.6 Å². The molecule has 174 valence electrons. The summed E-state index contributed by atoms with van der Waals surface area (Å²) in [5.41, 5.74) is 3.24. The third-order valence-corrected chi connectivity index (χ3v) is 5.30. The Balaban J connectivity index is 0.00000363. The number of nitrogens with zero attached hydrogens (tertiary/aromatic N) is 1. The molecule has 0 fully saturated rings. The van der Waals surface area contributed by atoms with Gasteiger partial charge in [0.05, 0.1) is 20.8 Å². The molecule has 1 heterocycles. The number of guanidine groups is 1. The summed E-state index contributed by atoms with van der Waals surface area (Å²) < 4.78 is 10.7. The molecule has 0 aliphatic carbocycles. The van der Waals surface area contributed by atoms with Crippen LogP contribution in [-0.2, 0) is 11.2 Å². The molecule has 0 bridgehead atoms. The Morgan fingerprint density at radius 1 is 1.12 bits per heavy atom. The van der Waals surface area contributed by atoms with E-state index in [-0.39, 0.29) is 35.8 Å². The van der Waals surface area contributed by atoms with Gasteiger partial charge in [-0.3, -0.25) is 9.79 Å². The normalized spacial score (nSPS) is 15.2. The second-order valence-electron chi connectivity index (χ2n) is 7.48. The van der Waals surface area contributed by atoms with Crippen LogP contribution in [0.3, 0.4) is 0 Å².